The lowest BCUT2D eigenvalue weighted by atomic mass is 10.1. The summed E-state index contributed by atoms with van der Waals surface area (Å²) in [5.41, 5.74) is 0. The zero-order valence-electron chi connectivity index (χ0n) is 9.69. The van der Waals surface area contributed by atoms with Gasteiger partial charge in [-0.25, -0.2) is 0 Å². The molecular weight excluding hydrogens is 218 g/mol. The molecule has 0 saturated carbocycles. The second-order valence-electron chi connectivity index (χ2n) is 3.54. The molecule has 0 aromatic carbocycles. The first-order chi connectivity index (χ1) is 7.27. The Kier molecular flexibility index (Phi) is 10.5. The average Bonchev–Trinajstić information content (AvgIpc) is 2.26. The Labute approximate surface area is 94.6 Å². The van der Waals surface area contributed by atoms with Crippen LogP contribution >= 0.6 is 0 Å². The van der Waals surface area contributed by atoms with Gasteiger partial charge >= 0.3 is 0 Å². The Morgan fingerprint density at radius 3 is 1.69 bits per heavy atom. The minimum Gasteiger partial charge on any atom is -0.394 e. The Bertz CT molecular complexity index is 175. The van der Waals surface area contributed by atoms with Crippen molar-refractivity contribution in [2.24, 2.45) is 0 Å². The summed E-state index contributed by atoms with van der Waals surface area (Å²) in [6.45, 7) is 0.628. The van der Waals surface area contributed by atoms with E-state index in [1.54, 1.807) is 14.1 Å². The lowest BCUT2D eigenvalue weighted by Crippen LogP contribution is -2.44. The molecule has 0 aliphatic heterocycles. The van der Waals surface area contributed by atoms with E-state index >= 15 is 0 Å². The fraction of sp³-hybridized carbons (Fsp3) is 0.889. The van der Waals surface area contributed by atoms with Gasteiger partial charge in [0.05, 0.1) is 12.7 Å². The maximum absolute atomic E-state index is 9.43. The van der Waals surface area contributed by atoms with E-state index in [1.165, 1.54) is 11.8 Å². The van der Waals surface area contributed by atoms with Gasteiger partial charge in [-0.15, -0.1) is 0 Å². The minimum atomic E-state index is -1.51. The van der Waals surface area contributed by atoms with Gasteiger partial charge in [0, 0.05) is 14.1 Å². The number of aliphatic hydroxyl groups is 5. The van der Waals surface area contributed by atoms with Crippen molar-refractivity contribution in [1.82, 2.24) is 4.90 Å². The van der Waals surface area contributed by atoms with Crippen molar-refractivity contribution in [3.05, 3.63) is 0 Å². The standard InChI is InChI=1S/C6H14O5.C3H7NO/c1-3(8)5(10)6(11)4(9)2-7;1-4(2)3-5/h3-11H,2H2,1H3;3H,1-2H3. The first-order valence-corrected chi connectivity index (χ1v) is 4.72. The van der Waals surface area contributed by atoms with Crippen molar-refractivity contribution in [3.8, 4) is 0 Å². The summed E-state index contributed by atoms with van der Waals surface area (Å²) in [4.78, 5) is 10.9. The predicted octanol–water partition coefficient (Wildman–Crippen LogP) is -2.85. The van der Waals surface area contributed by atoms with E-state index in [0.29, 0.717) is 0 Å². The second kappa shape index (κ2) is 9.49. The normalized spacial score (nSPS) is 17.5. The molecule has 0 aromatic heterocycles. The van der Waals surface area contributed by atoms with Crippen LogP contribution in [0.1, 0.15) is 6.92 Å². The molecule has 4 unspecified atom stereocenters. The molecule has 16 heavy (non-hydrogen) atoms. The summed E-state index contributed by atoms with van der Waals surface area (Å²) in [6.07, 6.45) is -4.75. The van der Waals surface area contributed by atoms with Crippen LogP contribution in [0.25, 0.3) is 0 Å². The molecule has 0 fully saturated rings. The molecule has 0 rings (SSSR count). The van der Waals surface area contributed by atoms with Gasteiger partial charge in [-0.05, 0) is 6.92 Å². The van der Waals surface area contributed by atoms with Crippen molar-refractivity contribution >= 4 is 6.41 Å². The average molecular weight is 239 g/mol. The zero-order valence-corrected chi connectivity index (χ0v) is 9.69. The number of carbonyl (C=O) groups excluding carboxylic acids is 1. The number of amides is 1. The van der Waals surface area contributed by atoms with Crippen molar-refractivity contribution in [1.29, 1.82) is 0 Å². The van der Waals surface area contributed by atoms with Crippen molar-refractivity contribution in [2.75, 3.05) is 20.7 Å². The van der Waals surface area contributed by atoms with E-state index in [9.17, 15) is 4.79 Å². The number of aliphatic hydroxyl groups excluding tert-OH is 5. The molecule has 7 heteroatoms. The predicted molar refractivity (Wildman–Crippen MR) is 56.5 cm³/mol. The second-order valence-corrected chi connectivity index (χ2v) is 3.54. The molecule has 0 bridgehead atoms. The smallest absolute Gasteiger partial charge is 0.209 e. The van der Waals surface area contributed by atoms with Crippen molar-refractivity contribution < 1.29 is 30.3 Å². The Morgan fingerprint density at radius 2 is 1.50 bits per heavy atom. The molecule has 0 radical (unpaired) electrons. The highest BCUT2D eigenvalue weighted by molar-refractivity contribution is 5.45. The summed E-state index contributed by atoms with van der Waals surface area (Å²) in [5, 5.41) is 43.7. The molecule has 0 spiro atoms. The van der Waals surface area contributed by atoms with Crippen LogP contribution in [-0.4, -0.2) is 82.0 Å². The summed E-state index contributed by atoms with van der Waals surface area (Å²) in [7, 11) is 3.38. The molecule has 0 saturated heterocycles. The van der Waals surface area contributed by atoms with Crippen LogP contribution in [0.3, 0.4) is 0 Å². The molecule has 98 valence electrons. The highest BCUT2D eigenvalue weighted by atomic mass is 16.4. The van der Waals surface area contributed by atoms with Gasteiger partial charge in [0.15, 0.2) is 0 Å². The topological polar surface area (TPSA) is 121 Å². The summed E-state index contributed by atoms with van der Waals surface area (Å²) in [5.74, 6) is 0. The van der Waals surface area contributed by atoms with Gasteiger partial charge in [0.25, 0.3) is 0 Å². The van der Waals surface area contributed by atoms with Gasteiger partial charge in [-0.2, -0.15) is 0 Å². The maximum Gasteiger partial charge on any atom is 0.209 e. The molecular formula is C9H21NO6. The van der Waals surface area contributed by atoms with E-state index < -0.39 is 31.0 Å². The summed E-state index contributed by atoms with van der Waals surface area (Å²) in [6, 6.07) is 0. The van der Waals surface area contributed by atoms with E-state index in [-0.39, 0.29) is 0 Å². The monoisotopic (exact) mass is 239 g/mol. The first-order valence-electron chi connectivity index (χ1n) is 4.72. The van der Waals surface area contributed by atoms with E-state index in [4.69, 9.17) is 25.5 Å². The molecule has 1 amide bonds. The van der Waals surface area contributed by atoms with Crippen LogP contribution in [0.5, 0.6) is 0 Å². The molecule has 7 nitrogen and oxygen atoms in total. The Hall–Kier alpha value is -0.730. The molecule has 5 N–H and O–H groups in total. The van der Waals surface area contributed by atoms with E-state index in [0.717, 1.165) is 6.41 Å². The molecule has 4 atom stereocenters. The van der Waals surface area contributed by atoms with E-state index in [1.807, 2.05) is 0 Å². The highest BCUT2D eigenvalue weighted by Crippen LogP contribution is 2.03. The molecule has 0 aromatic rings. The Morgan fingerprint density at radius 1 is 1.12 bits per heavy atom. The fourth-order valence-electron chi connectivity index (χ4n) is 0.621. The van der Waals surface area contributed by atoms with Gasteiger partial charge in [0.2, 0.25) is 6.41 Å². The van der Waals surface area contributed by atoms with Crippen LogP contribution in [-0.2, 0) is 4.79 Å². The van der Waals surface area contributed by atoms with Crippen LogP contribution < -0.4 is 0 Å². The first kappa shape index (κ1) is 17.7. The third-order valence-electron chi connectivity index (χ3n) is 1.64. The largest absolute Gasteiger partial charge is 0.394 e. The van der Waals surface area contributed by atoms with Gasteiger partial charge in [-0.3, -0.25) is 4.79 Å². The van der Waals surface area contributed by atoms with Crippen molar-refractivity contribution in [3.63, 3.8) is 0 Å². The van der Waals surface area contributed by atoms with Gasteiger partial charge < -0.3 is 30.4 Å². The maximum atomic E-state index is 9.43. The minimum absolute atomic E-state index is 0.648. The third-order valence-corrected chi connectivity index (χ3v) is 1.64. The third kappa shape index (κ3) is 8.57. The molecule has 0 aliphatic rings. The van der Waals surface area contributed by atoms with E-state index in [2.05, 4.69) is 0 Å². The quantitative estimate of drug-likeness (QED) is 0.329. The fourth-order valence-corrected chi connectivity index (χ4v) is 0.621. The lowest BCUT2D eigenvalue weighted by Gasteiger charge is -2.23. The van der Waals surface area contributed by atoms with Gasteiger partial charge in [-0.1, -0.05) is 0 Å². The SMILES string of the molecule is CC(O)C(O)C(O)C(O)CO.CN(C)C=O. The summed E-state index contributed by atoms with van der Waals surface area (Å²) < 4.78 is 0. The lowest BCUT2D eigenvalue weighted by molar-refractivity contribution is -0.115. The van der Waals surface area contributed by atoms with Gasteiger partial charge in [0.1, 0.15) is 18.3 Å². The zero-order chi connectivity index (χ0) is 13.3. The number of hydrogen-bond donors (Lipinski definition) is 5. The number of carbonyl (C=O) groups is 1. The molecule has 0 aliphatic carbocycles. The van der Waals surface area contributed by atoms with Crippen LogP contribution in [0.2, 0.25) is 0 Å². The number of rotatable bonds is 5. The van der Waals surface area contributed by atoms with Crippen LogP contribution in [0.15, 0.2) is 0 Å². The van der Waals surface area contributed by atoms with Crippen molar-refractivity contribution in [2.45, 2.75) is 31.3 Å². The van der Waals surface area contributed by atoms with Crippen LogP contribution in [0, 0.1) is 0 Å². The number of nitrogens with zero attached hydrogens (tertiary/aromatic N) is 1. The summed E-state index contributed by atoms with van der Waals surface area (Å²) >= 11 is 0. The Balaban J connectivity index is 0. The number of hydrogen-bond acceptors (Lipinski definition) is 6. The highest BCUT2D eigenvalue weighted by Gasteiger charge is 2.27. The molecule has 0 heterocycles. The van der Waals surface area contributed by atoms with Crippen LogP contribution in [0.4, 0.5) is 0 Å².